The number of carbonyl (C=O) groups is 2. The summed E-state index contributed by atoms with van der Waals surface area (Å²) in [5, 5.41) is 0.103. The summed E-state index contributed by atoms with van der Waals surface area (Å²) in [4.78, 5) is 27.7. The second-order valence-electron chi connectivity index (χ2n) is 8.23. The van der Waals surface area contributed by atoms with Gasteiger partial charge in [-0.05, 0) is 57.0 Å². The molecule has 1 saturated heterocycles. The lowest BCUT2D eigenvalue weighted by Gasteiger charge is -2.24. The fraction of sp³-hybridized carbons (Fsp3) is 0.333. The Kier molecular flexibility index (Phi) is 4.51. The summed E-state index contributed by atoms with van der Waals surface area (Å²) >= 11 is 6.25. The van der Waals surface area contributed by atoms with Crippen LogP contribution in [0.15, 0.2) is 42.5 Å². The summed E-state index contributed by atoms with van der Waals surface area (Å²) in [5.74, 6) is -1.11. The van der Waals surface area contributed by atoms with Crippen molar-refractivity contribution in [1.29, 1.82) is 0 Å². The van der Waals surface area contributed by atoms with Crippen LogP contribution in [0.2, 0.25) is 5.02 Å². The fourth-order valence-electron chi connectivity index (χ4n) is 4.06. The molecule has 1 unspecified atom stereocenters. The molecule has 2 heterocycles. The minimum absolute atomic E-state index is 0.0215. The van der Waals surface area contributed by atoms with Gasteiger partial charge in [0.2, 0.25) is 15.9 Å². The van der Waals surface area contributed by atoms with Crippen molar-refractivity contribution < 1.29 is 18.0 Å². The van der Waals surface area contributed by atoms with E-state index >= 15 is 0 Å². The van der Waals surface area contributed by atoms with Gasteiger partial charge < -0.3 is 4.90 Å². The highest BCUT2D eigenvalue weighted by atomic mass is 35.5. The summed E-state index contributed by atoms with van der Waals surface area (Å²) in [6, 6.07) is 12.1. The minimum Gasteiger partial charge on any atom is -0.305 e. The molecule has 2 aliphatic heterocycles. The number of benzene rings is 2. The highest BCUT2D eigenvalue weighted by Gasteiger charge is 2.50. The van der Waals surface area contributed by atoms with Crippen molar-refractivity contribution >= 4 is 44.8 Å². The molecule has 2 aliphatic rings. The van der Waals surface area contributed by atoms with Crippen LogP contribution in [0.1, 0.15) is 36.7 Å². The molecule has 8 heteroatoms. The van der Waals surface area contributed by atoms with Crippen molar-refractivity contribution in [3.05, 3.63) is 58.6 Å². The van der Waals surface area contributed by atoms with Crippen molar-refractivity contribution in [3.63, 3.8) is 0 Å². The van der Waals surface area contributed by atoms with Crippen LogP contribution in [-0.2, 0) is 21.2 Å². The maximum atomic E-state index is 13.3. The normalized spacial score (nSPS) is 22.1. The average molecular weight is 433 g/mol. The summed E-state index contributed by atoms with van der Waals surface area (Å²) in [6.07, 6.45) is 0.746. The number of sulfonamides is 1. The van der Waals surface area contributed by atoms with Gasteiger partial charge in [0.05, 0.1) is 21.9 Å². The molecule has 2 aromatic rings. The molecule has 152 valence electrons. The number of amides is 2. The van der Waals surface area contributed by atoms with Gasteiger partial charge in [0.1, 0.15) is 0 Å². The lowest BCUT2D eigenvalue weighted by Crippen LogP contribution is -2.36. The van der Waals surface area contributed by atoms with Crippen LogP contribution in [0.4, 0.5) is 11.4 Å². The predicted octanol–water partition coefficient (Wildman–Crippen LogP) is 3.63. The average Bonchev–Trinajstić information content (AvgIpc) is 3.04. The highest BCUT2D eigenvalue weighted by molar-refractivity contribution is 7.94. The van der Waals surface area contributed by atoms with E-state index in [0.717, 1.165) is 22.0 Å². The molecule has 2 amide bonds. The summed E-state index contributed by atoms with van der Waals surface area (Å²) in [5.41, 5.74) is 1.17. The number of rotatable bonds is 2. The smallest absolute Gasteiger partial charge is 0.258 e. The molecule has 0 aliphatic carbocycles. The molecule has 6 nitrogen and oxygen atoms in total. The quantitative estimate of drug-likeness (QED) is 0.726. The Morgan fingerprint density at radius 2 is 1.83 bits per heavy atom. The lowest BCUT2D eigenvalue weighted by atomic mass is 9.95. The minimum atomic E-state index is -3.87. The van der Waals surface area contributed by atoms with E-state index in [2.05, 4.69) is 0 Å². The molecule has 0 N–H and O–H groups in total. The van der Waals surface area contributed by atoms with Crippen molar-refractivity contribution in [2.45, 2.75) is 33.2 Å². The Balaban J connectivity index is 1.77. The number of hydrogen-bond acceptors (Lipinski definition) is 4. The first-order chi connectivity index (χ1) is 13.5. The van der Waals surface area contributed by atoms with Crippen LogP contribution in [0.3, 0.4) is 0 Å². The van der Waals surface area contributed by atoms with E-state index in [1.54, 1.807) is 24.8 Å². The van der Waals surface area contributed by atoms with Gasteiger partial charge in [0.15, 0.2) is 0 Å². The molecular formula is C21H21ClN2O4S. The van der Waals surface area contributed by atoms with Gasteiger partial charge in [-0.3, -0.25) is 9.59 Å². The van der Waals surface area contributed by atoms with Gasteiger partial charge in [0, 0.05) is 17.3 Å². The highest BCUT2D eigenvalue weighted by Crippen LogP contribution is 2.40. The standard InChI is InChI=1S/C21H21ClN2O4S/c1-13-10-14-6-4-5-7-17(14)23(13)19(25)15-8-9-16(22)18(11-15)24-20(26)21(2,3)12-29(24,27)28/h4-9,11,13H,10,12H2,1-3H3. The third kappa shape index (κ3) is 3.13. The van der Waals surface area contributed by atoms with Crippen LogP contribution in [0, 0.1) is 5.41 Å². The van der Waals surface area contributed by atoms with Crippen LogP contribution < -0.4 is 9.21 Å². The van der Waals surface area contributed by atoms with E-state index < -0.39 is 21.3 Å². The molecule has 0 aromatic heterocycles. The number of para-hydroxylation sites is 1. The number of carbonyl (C=O) groups excluding carboxylic acids is 2. The van der Waals surface area contributed by atoms with Gasteiger partial charge in [-0.1, -0.05) is 29.8 Å². The number of fused-ring (bicyclic) bond motifs is 1. The molecule has 0 spiro atoms. The van der Waals surface area contributed by atoms with E-state index in [-0.39, 0.29) is 34.0 Å². The fourth-order valence-corrected chi connectivity index (χ4v) is 6.43. The van der Waals surface area contributed by atoms with E-state index in [9.17, 15) is 18.0 Å². The van der Waals surface area contributed by atoms with E-state index in [0.29, 0.717) is 0 Å². The van der Waals surface area contributed by atoms with Crippen LogP contribution in [0.25, 0.3) is 0 Å². The van der Waals surface area contributed by atoms with Gasteiger partial charge >= 0.3 is 0 Å². The monoisotopic (exact) mass is 432 g/mol. The van der Waals surface area contributed by atoms with Crippen molar-refractivity contribution in [3.8, 4) is 0 Å². The van der Waals surface area contributed by atoms with Crippen molar-refractivity contribution in [2.24, 2.45) is 5.41 Å². The Hall–Kier alpha value is -2.38. The molecule has 0 bridgehead atoms. The van der Waals surface area contributed by atoms with E-state index in [4.69, 9.17) is 11.6 Å². The Labute approximate surface area is 175 Å². The molecule has 0 saturated carbocycles. The Bertz CT molecular complexity index is 1140. The molecule has 4 rings (SSSR count). The van der Waals surface area contributed by atoms with Gasteiger partial charge in [-0.15, -0.1) is 0 Å². The summed E-state index contributed by atoms with van der Waals surface area (Å²) in [6.45, 7) is 5.13. The van der Waals surface area contributed by atoms with E-state index in [1.807, 2.05) is 31.2 Å². The maximum Gasteiger partial charge on any atom is 0.258 e. The predicted molar refractivity (Wildman–Crippen MR) is 113 cm³/mol. The molecular weight excluding hydrogens is 412 g/mol. The summed E-state index contributed by atoms with van der Waals surface area (Å²) in [7, 11) is -3.87. The molecule has 29 heavy (non-hydrogen) atoms. The van der Waals surface area contributed by atoms with Crippen molar-refractivity contribution in [2.75, 3.05) is 15.0 Å². The van der Waals surface area contributed by atoms with E-state index in [1.165, 1.54) is 12.1 Å². The number of halogens is 1. The zero-order valence-electron chi connectivity index (χ0n) is 16.3. The Morgan fingerprint density at radius 1 is 1.14 bits per heavy atom. The van der Waals surface area contributed by atoms with Crippen LogP contribution >= 0.6 is 11.6 Å². The molecule has 1 fully saturated rings. The zero-order chi connectivity index (χ0) is 21.1. The van der Waals surface area contributed by atoms with Gasteiger partial charge in [0.25, 0.3) is 5.91 Å². The van der Waals surface area contributed by atoms with Gasteiger partial charge in [-0.2, -0.15) is 0 Å². The number of nitrogens with zero attached hydrogens (tertiary/aromatic N) is 2. The molecule has 1 atom stereocenters. The molecule has 0 radical (unpaired) electrons. The zero-order valence-corrected chi connectivity index (χ0v) is 17.9. The lowest BCUT2D eigenvalue weighted by molar-refractivity contribution is -0.123. The largest absolute Gasteiger partial charge is 0.305 e. The first-order valence-corrected chi connectivity index (χ1v) is 11.3. The maximum absolute atomic E-state index is 13.3. The number of hydrogen-bond donors (Lipinski definition) is 0. The SMILES string of the molecule is CC1Cc2ccccc2N1C(=O)c1ccc(Cl)c(N2C(=O)C(C)(C)CS2(=O)=O)c1. The topological polar surface area (TPSA) is 74.8 Å². The number of anilines is 2. The first kappa shape index (κ1) is 19.9. The van der Waals surface area contributed by atoms with Crippen molar-refractivity contribution in [1.82, 2.24) is 0 Å². The second-order valence-corrected chi connectivity index (χ2v) is 10.5. The molecule has 2 aromatic carbocycles. The Morgan fingerprint density at radius 3 is 2.48 bits per heavy atom. The second kappa shape index (κ2) is 6.57. The van der Waals surface area contributed by atoms with Crippen LogP contribution in [-0.4, -0.2) is 32.0 Å². The first-order valence-electron chi connectivity index (χ1n) is 9.31. The summed E-state index contributed by atoms with van der Waals surface area (Å²) < 4.78 is 26.0. The van der Waals surface area contributed by atoms with Gasteiger partial charge in [-0.25, -0.2) is 12.7 Å². The third-order valence-electron chi connectivity index (χ3n) is 5.42. The van der Waals surface area contributed by atoms with Crippen LogP contribution in [0.5, 0.6) is 0 Å². The third-order valence-corrected chi connectivity index (χ3v) is 7.75.